The number of hydrogen-bond acceptors (Lipinski definition) is 3. The Balaban J connectivity index is 1.55. The predicted octanol–water partition coefficient (Wildman–Crippen LogP) is 4.81. The number of nitrogens with one attached hydrogen (secondary N) is 1. The number of carbonyl (C=O) groups excluding carboxylic acids is 1. The number of furan rings is 1. The zero-order valence-corrected chi connectivity index (χ0v) is 14.0. The lowest BCUT2D eigenvalue weighted by molar-refractivity contribution is 0.0646. The Labute approximate surface area is 150 Å². The van der Waals surface area contributed by atoms with E-state index in [-0.39, 0.29) is 23.9 Å². The van der Waals surface area contributed by atoms with Crippen LogP contribution in [0.1, 0.15) is 35.1 Å². The monoisotopic (exact) mass is 348 g/mol. The van der Waals surface area contributed by atoms with Crippen molar-refractivity contribution in [1.29, 1.82) is 0 Å². The van der Waals surface area contributed by atoms with Crippen LogP contribution in [0.3, 0.4) is 0 Å². The van der Waals surface area contributed by atoms with Gasteiger partial charge in [-0.3, -0.25) is 4.79 Å². The van der Waals surface area contributed by atoms with Gasteiger partial charge in [-0.05, 0) is 49.2 Å². The van der Waals surface area contributed by atoms with Gasteiger partial charge in [-0.25, -0.2) is 4.39 Å². The molecule has 0 radical (unpaired) electrons. The first-order chi connectivity index (χ1) is 12.7. The molecule has 1 aliphatic heterocycles. The van der Waals surface area contributed by atoms with Crippen molar-refractivity contribution in [2.45, 2.75) is 25.0 Å². The third-order valence-corrected chi connectivity index (χ3v) is 4.94. The van der Waals surface area contributed by atoms with Crippen molar-refractivity contribution in [3.63, 3.8) is 0 Å². The van der Waals surface area contributed by atoms with Gasteiger partial charge in [-0.1, -0.05) is 24.3 Å². The average molecular weight is 348 g/mol. The molecule has 26 heavy (non-hydrogen) atoms. The summed E-state index contributed by atoms with van der Waals surface area (Å²) in [5.41, 5.74) is 1.89. The number of anilines is 1. The number of rotatable bonds is 3. The topological polar surface area (TPSA) is 45.5 Å². The van der Waals surface area contributed by atoms with Crippen LogP contribution < -0.4 is 5.32 Å². The lowest BCUT2D eigenvalue weighted by atomic mass is 10.1. The van der Waals surface area contributed by atoms with Crippen LogP contribution >= 0.6 is 0 Å². The molecule has 1 amide bonds. The van der Waals surface area contributed by atoms with Gasteiger partial charge in [0, 0.05) is 11.7 Å². The van der Waals surface area contributed by atoms with Gasteiger partial charge in [0.15, 0.2) is 6.17 Å². The minimum atomic E-state index is -0.384. The molecular weight excluding hydrogens is 331 g/mol. The van der Waals surface area contributed by atoms with Crippen molar-refractivity contribution in [3.8, 4) is 11.3 Å². The number of benzene rings is 2. The second-order valence-corrected chi connectivity index (χ2v) is 6.72. The highest BCUT2D eigenvalue weighted by atomic mass is 19.1. The second kappa shape index (κ2) is 5.73. The van der Waals surface area contributed by atoms with Crippen LogP contribution in [0.25, 0.3) is 11.3 Å². The fraction of sp³-hybridized carbons (Fsp3) is 0.190. The van der Waals surface area contributed by atoms with Gasteiger partial charge in [-0.15, -0.1) is 0 Å². The largest absolute Gasteiger partial charge is 0.457 e. The standard InChI is InChI=1S/C21H17FN2O2/c22-16-7-3-1-5-14(16)18-11-12-19(26-18)20-23-17-8-4-2-6-15(17)21(25)24(20)13-9-10-13/h1-8,11-13,20,23H,9-10H2. The summed E-state index contributed by atoms with van der Waals surface area (Å²) in [6.07, 6.45) is 1.60. The zero-order chi connectivity index (χ0) is 17.7. The van der Waals surface area contributed by atoms with Crippen LogP contribution in [0, 0.1) is 5.82 Å². The Hall–Kier alpha value is -3.08. The van der Waals surface area contributed by atoms with Crippen molar-refractivity contribution < 1.29 is 13.6 Å². The van der Waals surface area contributed by atoms with E-state index in [1.165, 1.54) is 6.07 Å². The molecule has 130 valence electrons. The van der Waals surface area contributed by atoms with E-state index in [0.717, 1.165) is 18.5 Å². The van der Waals surface area contributed by atoms with Crippen LogP contribution in [0.5, 0.6) is 0 Å². The number of nitrogens with zero attached hydrogens (tertiary/aromatic N) is 1. The zero-order valence-electron chi connectivity index (χ0n) is 14.0. The molecule has 1 atom stereocenters. The van der Waals surface area contributed by atoms with Crippen molar-refractivity contribution in [3.05, 3.63) is 77.8 Å². The van der Waals surface area contributed by atoms with Crippen LogP contribution in [0.4, 0.5) is 10.1 Å². The van der Waals surface area contributed by atoms with Gasteiger partial charge in [-0.2, -0.15) is 0 Å². The smallest absolute Gasteiger partial charge is 0.258 e. The van der Waals surface area contributed by atoms with Crippen LogP contribution in [0.15, 0.2) is 65.1 Å². The molecule has 1 aromatic heterocycles. The van der Waals surface area contributed by atoms with Crippen LogP contribution in [-0.4, -0.2) is 16.8 Å². The second-order valence-electron chi connectivity index (χ2n) is 6.72. The Bertz CT molecular complexity index is 993. The number of amides is 1. The van der Waals surface area contributed by atoms with Crippen LogP contribution in [-0.2, 0) is 0 Å². The quantitative estimate of drug-likeness (QED) is 0.738. The summed E-state index contributed by atoms with van der Waals surface area (Å²) in [7, 11) is 0. The highest BCUT2D eigenvalue weighted by Crippen LogP contribution is 2.41. The van der Waals surface area contributed by atoms with Gasteiger partial charge in [0.1, 0.15) is 17.3 Å². The molecule has 1 fully saturated rings. The number of hydrogen-bond donors (Lipinski definition) is 1. The summed E-state index contributed by atoms with van der Waals surface area (Å²) in [5, 5.41) is 3.41. The SMILES string of the molecule is O=C1c2ccccc2NC(c2ccc(-c3ccccc3F)o2)N1C1CC1. The third-order valence-electron chi connectivity index (χ3n) is 4.94. The van der Waals surface area contributed by atoms with Gasteiger partial charge in [0.2, 0.25) is 0 Å². The molecule has 1 aliphatic carbocycles. The molecule has 0 bridgehead atoms. The van der Waals surface area contributed by atoms with E-state index in [2.05, 4.69) is 5.32 Å². The number of para-hydroxylation sites is 1. The highest BCUT2D eigenvalue weighted by molar-refractivity contribution is 6.02. The molecule has 3 aromatic rings. The Morgan fingerprint density at radius 1 is 0.962 bits per heavy atom. The highest BCUT2D eigenvalue weighted by Gasteiger charge is 2.43. The molecule has 2 aliphatic rings. The summed E-state index contributed by atoms with van der Waals surface area (Å²) in [6.45, 7) is 0. The average Bonchev–Trinajstić information content (AvgIpc) is 3.38. The van der Waals surface area contributed by atoms with Gasteiger partial charge in [0.25, 0.3) is 5.91 Å². The molecule has 5 heteroatoms. The maximum atomic E-state index is 14.1. The van der Waals surface area contributed by atoms with Gasteiger partial charge >= 0.3 is 0 Å². The fourth-order valence-corrected chi connectivity index (χ4v) is 3.51. The molecular formula is C21H17FN2O2. The lowest BCUT2D eigenvalue weighted by Crippen LogP contribution is -2.44. The molecule has 5 rings (SSSR count). The van der Waals surface area contributed by atoms with Crippen molar-refractivity contribution in [1.82, 2.24) is 4.90 Å². The van der Waals surface area contributed by atoms with E-state index in [1.807, 2.05) is 35.2 Å². The molecule has 4 nitrogen and oxygen atoms in total. The fourth-order valence-electron chi connectivity index (χ4n) is 3.51. The van der Waals surface area contributed by atoms with E-state index in [9.17, 15) is 9.18 Å². The molecule has 2 aromatic carbocycles. The van der Waals surface area contributed by atoms with E-state index in [1.54, 1.807) is 24.3 Å². The summed E-state index contributed by atoms with van der Waals surface area (Å²) in [4.78, 5) is 14.9. The van der Waals surface area contributed by atoms with Gasteiger partial charge < -0.3 is 14.6 Å². The summed E-state index contributed by atoms with van der Waals surface area (Å²) in [6, 6.07) is 17.8. The maximum absolute atomic E-state index is 14.1. The summed E-state index contributed by atoms with van der Waals surface area (Å²) >= 11 is 0. The third kappa shape index (κ3) is 2.39. The molecule has 1 saturated carbocycles. The maximum Gasteiger partial charge on any atom is 0.258 e. The number of fused-ring (bicyclic) bond motifs is 1. The first kappa shape index (κ1) is 15.2. The van der Waals surface area contributed by atoms with Crippen molar-refractivity contribution >= 4 is 11.6 Å². The van der Waals surface area contributed by atoms with E-state index < -0.39 is 0 Å². The number of halogens is 1. The predicted molar refractivity (Wildman–Crippen MR) is 96.1 cm³/mol. The van der Waals surface area contributed by atoms with Crippen LogP contribution in [0.2, 0.25) is 0 Å². The van der Waals surface area contributed by atoms with Crippen molar-refractivity contribution in [2.24, 2.45) is 0 Å². The first-order valence-electron chi connectivity index (χ1n) is 8.75. The van der Waals surface area contributed by atoms with E-state index in [4.69, 9.17) is 4.42 Å². The Morgan fingerprint density at radius 2 is 1.69 bits per heavy atom. The summed E-state index contributed by atoms with van der Waals surface area (Å²) in [5.74, 6) is 0.751. The summed E-state index contributed by atoms with van der Waals surface area (Å²) < 4.78 is 20.0. The normalized spacial score (nSPS) is 19.2. The minimum absolute atomic E-state index is 0.00990. The minimum Gasteiger partial charge on any atom is -0.457 e. The molecule has 1 unspecified atom stereocenters. The molecule has 1 N–H and O–H groups in total. The number of carbonyl (C=O) groups is 1. The molecule has 0 spiro atoms. The van der Waals surface area contributed by atoms with E-state index in [0.29, 0.717) is 22.6 Å². The molecule has 0 saturated heterocycles. The Kier molecular flexibility index (Phi) is 3.35. The lowest BCUT2D eigenvalue weighted by Gasteiger charge is -2.37. The van der Waals surface area contributed by atoms with E-state index >= 15 is 0 Å². The van der Waals surface area contributed by atoms with Gasteiger partial charge in [0.05, 0.1) is 11.1 Å². The van der Waals surface area contributed by atoms with Crippen molar-refractivity contribution in [2.75, 3.05) is 5.32 Å². The molecule has 2 heterocycles. The Morgan fingerprint density at radius 3 is 2.46 bits per heavy atom. The first-order valence-corrected chi connectivity index (χ1v) is 8.75.